The molecule has 2 amide bonds. The van der Waals surface area contributed by atoms with Crippen molar-refractivity contribution in [2.24, 2.45) is 29.6 Å². The minimum Gasteiger partial charge on any atom is -0.481 e. The highest BCUT2D eigenvalue weighted by molar-refractivity contribution is 8.00. The summed E-state index contributed by atoms with van der Waals surface area (Å²) in [5.74, 6) is -1.44. The van der Waals surface area contributed by atoms with E-state index in [1.807, 2.05) is 30.3 Å². The van der Waals surface area contributed by atoms with Crippen molar-refractivity contribution >= 4 is 47.0 Å². The molecule has 1 aromatic carbocycles. The first-order chi connectivity index (χ1) is 16.4. The van der Waals surface area contributed by atoms with Gasteiger partial charge in [-0.25, -0.2) is 0 Å². The Morgan fingerprint density at radius 1 is 1.12 bits per heavy atom. The Morgan fingerprint density at radius 2 is 1.85 bits per heavy atom. The molecule has 2 aliphatic carbocycles. The number of rotatable bonds is 6. The minimum atomic E-state index is -0.921. The van der Waals surface area contributed by atoms with Gasteiger partial charge in [0.1, 0.15) is 0 Å². The molecule has 6 rings (SSSR count). The molecule has 176 valence electrons. The number of thiazole rings is 1. The van der Waals surface area contributed by atoms with Gasteiger partial charge in [0.15, 0.2) is 0 Å². The van der Waals surface area contributed by atoms with Crippen LogP contribution in [0.15, 0.2) is 46.2 Å². The maximum atomic E-state index is 13.4. The van der Waals surface area contributed by atoms with Crippen LogP contribution in [0.4, 0.5) is 0 Å². The Labute approximate surface area is 204 Å². The lowest BCUT2D eigenvalue weighted by atomic mass is 9.69. The molecule has 3 heterocycles. The molecule has 0 unspecified atom stereocenters. The average Bonchev–Trinajstić information content (AvgIpc) is 3.54. The third-order valence-electron chi connectivity index (χ3n) is 7.93. The number of carboxylic acid groups (broad SMARTS) is 1. The predicted molar refractivity (Wildman–Crippen MR) is 128 cm³/mol. The number of carbonyl (C=O) groups excluding carboxylic acids is 2. The summed E-state index contributed by atoms with van der Waals surface area (Å²) in [7, 11) is 0. The summed E-state index contributed by atoms with van der Waals surface area (Å²) in [5.41, 5.74) is 1.08. The van der Waals surface area contributed by atoms with Gasteiger partial charge in [-0.2, -0.15) is 0 Å². The molecular formula is C25H24N2O5S2. The van der Waals surface area contributed by atoms with E-state index in [0.717, 1.165) is 21.9 Å². The first-order valence-corrected chi connectivity index (χ1v) is 13.3. The number of likely N-dealkylation sites (tertiary alicyclic amines) is 1. The van der Waals surface area contributed by atoms with Crippen LogP contribution in [-0.4, -0.2) is 44.6 Å². The number of hydrogen-bond acceptors (Lipinski definition) is 6. The van der Waals surface area contributed by atoms with E-state index in [2.05, 4.69) is 17.1 Å². The number of amides is 2. The molecule has 0 spiro atoms. The number of aliphatic carboxylic acids is 1. The van der Waals surface area contributed by atoms with Crippen LogP contribution in [-0.2, 0) is 14.4 Å². The molecule has 1 saturated heterocycles. The largest absolute Gasteiger partial charge is 0.481 e. The SMILES string of the molecule is O=C(O)CCCN1C(=O)[C@@H]2[C@H]3C[C@@H]([C@@H]2C1=O)[C@H]1[C@@H]3Sc2[nH]c(=O)sc2[C@@H]1/C=C/c1ccccc1. The van der Waals surface area contributed by atoms with E-state index in [1.54, 1.807) is 11.8 Å². The van der Waals surface area contributed by atoms with Crippen LogP contribution in [0.25, 0.3) is 6.08 Å². The smallest absolute Gasteiger partial charge is 0.305 e. The van der Waals surface area contributed by atoms with E-state index < -0.39 is 5.97 Å². The number of benzene rings is 1. The number of nitrogens with one attached hydrogen (secondary N) is 1. The number of allylic oxidation sites excluding steroid dienone is 1. The van der Waals surface area contributed by atoms with Crippen LogP contribution in [0.5, 0.6) is 0 Å². The van der Waals surface area contributed by atoms with Crippen LogP contribution in [0.2, 0.25) is 0 Å². The molecule has 2 saturated carbocycles. The number of imide groups is 1. The van der Waals surface area contributed by atoms with Crippen molar-refractivity contribution in [3.63, 3.8) is 0 Å². The summed E-state index contributed by atoms with van der Waals surface area (Å²) >= 11 is 2.92. The molecule has 7 atom stereocenters. The maximum absolute atomic E-state index is 13.4. The van der Waals surface area contributed by atoms with Crippen molar-refractivity contribution in [1.29, 1.82) is 0 Å². The third-order valence-corrected chi connectivity index (χ3v) is 10.5. The molecule has 2 aliphatic heterocycles. The minimum absolute atomic E-state index is 0.0188. The number of carboxylic acids is 1. The molecular weight excluding hydrogens is 472 g/mol. The van der Waals surface area contributed by atoms with Crippen molar-refractivity contribution in [2.45, 2.75) is 35.5 Å². The summed E-state index contributed by atoms with van der Waals surface area (Å²) < 4.78 is 0. The fraction of sp³-hybridized carbons (Fsp3) is 0.440. The Morgan fingerprint density at radius 3 is 2.59 bits per heavy atom. The van der Waals surface area contributed by atoms with E-state index in [0.29, 0.717) is 0 Å². The van der Waals surface area contributed by atoms with E-state index in [-0.39, 0.29) is 76.8 Å². The van der Waals surface area contributed by atoms with Gasteiger partial charge >= 0.3 is 10.8 Å². The highest BCUT2D eigenvalue weighted by Crippen LogP contribution is 2.67. The van der Waals surface area contributed by atoms with E-state index >= 15 is 0 Å². The van der Waals surface area contributed by atoms with E-state index in [4.69, 9.17) is 5.11 Å². The Bertz CT molecular complexity index is 1250. The first-order valence-electron chi connectivity index (χ1n) is 11.6. The molecule has 1 aromatic heterocycles. The van der Waals surface area contributed by atoms with Gasteiger partial charge in [0.05, 0.1) is 16.9 Å². The number of aromatic amines is 1. The standard InChI is InChI=1S/C25H24N2O5S2/c28-16(29)7-4-10-27-23(30)18-14-11-15(19(18)24(27)31)20-17(14)13(9-8-12-5-2-1-3-6-12)21-22(33-20)26-25(32)34-21/h1-3,5-6,8-9,13-15,17-20H,4,7,10-11H2,(H,26,32)(H,28,29)/b9-8+/t13-,14-,15-,17+,18+,19-,20-/m1/s1. The Kier molecular flexibility index (Phi) is 5.29. The summed E-state index contributed by atoms with van der Waals surface area (Å²) in [6.07, 6.45) is 5.35. The van der Waals surface area contributed by atoms with Crippen LogP contribution < -0.4 is 4.87 Å². The maximum Gasteiger partial charge on any atom is 0.305 e. The summed E-state index contributed by atoms with van der Waals surface area (Å²) in [4.78, 5) is 55.0. The number of fused-ring (bicyclic) bond motifs is 9. The van der Waals surface area contributed by atoms with Crippen molar-refractivity contribution in [3.8, 4) is 0 Å². The number of aromatic nitrogens is 1. The van der Waals surface area contributed by atoms with Crippen molar-refractivity contribution in [3.05, 3.63) is 56.5 Å². The quantitative estimate of drug-likeness (QED) is 0.594. The Hall–Kier alpha value is -2.65. The summed E-state index contributed by atoms with van der Waals surface area (Å²) in [6, 6.07) is 10.0. The van der Waals surface area contributed by atoms with Gasteiger partial charge in [0.25, 0.3) is 0 Å². The monoisotopic (exact) mass is 496 g/mol. The number of carbonyl (C=O) groups is 3. The van der Waals surface area contributed by atoms with Gasteiger partial charge < -0.3 is 10.1 Å². The third kappa shape index (κ3) is 3.32. The van der Waals surface area contributed by atoms with Gasteiger partial charge in [-0.05, 0) is 36.2 Å². The lowest BCUT2D eigenvalue weighted by Crippen LogP contribution is -2.42. The highest BCUT2D eigenvalue weighted by atomic mass is 32.2. The molecule has 2 N–H and O–H groups in total. The molecule has 3 fully saturated rings. The zero-order valence-electron chi connectivity index (χ0n) is 18.3. The van der Waals surface area contributed by atoms with E-state index in [9.17, 15) is 19.2 Å². The molecule has 7 nitrogen and oxygen atoms in total. The normalized spacial score (nSPS) is 33.4. The predicted octanol–water partition coefficient (Wildman–Crippen LogP) is 3.44. The first kappa shape index (κ1) is 21.9. The molecule has 2 bridgehead atoms. The topological polar surface area (TPSA) is 108 Å². The molecule has 2 aromatic rings. The number of hydrogen-bond donors (Lipinski definition) is 2. The van der Waals surface area contributed by atoms with Crippen LogP contribution >= 0.6 is 23.1 Å². The number of nitrogens with zero attached hydrogens (tertiary/aromatic N) is 1. The van der Waals surface area contributed by atoms with Crippen molar-refractivity contribution in [1.82, 2.24) is 9.88 Å². The second kappa shape index (κ2) is 8.23. The van der Waals surface area contributed by atoms with Gasteiger partial charge in [-0.1, -0.05) is 53.8 Å². The van der Waals surface area contributed by atoms with E-state index in [1.165, 1.54) is 16.2 Å². The van der Waals surface area contributed by atoms with Gasteiger partial charge in [-0.15, -0.1) is 11.8 Å². The second-order valence-electron chi connectivity index (χ2n) is 9.60. The molecule has 4 aliphatic rings. The summed E-state index contributed by atoms with van der Waals surface area (Å²) in [5, 5.41) is 10.0. The second-order valence-corrected chi connectivity index (χ2v) is 11.8. The van der Waals surface area contributed by atoms with Crippen molar-refractivity contribution in [2.75, 3.05) is 6.54 Å². The van der Waals surface area contributed by atoms with Gasteiger partial charge in [0.2, 0.25) is 11.8 Å². The average molecular weight is 497 g/mol. The zero-order chi connectivity index (χ0) is 23.6. The van der Waals surface area contributed by atoms with Crippen LogP contribution in [0, 0.1) is 29.6 Å². The van der Waals surface area contributed by atoms with Crippen LogP contribution in [0.1, 0.15) is 35.6 Å². The number of H-pyrrole nitrogens is 1. The molecule has 0 radical (unpaired) electrons. The highest BCUT2D eigenvalue weighted by Gasteiger charge is 2.69. The number of thioether (sulfide) groups is 1. The lowest BCUT2D eigenvalue weighted by molar-refractivity contribution is -0.142. The fourth-order valence-electron chi connectivity index (χ4n) is 6.73. The molecule has 9 heteroatoms. The molecule has 34 heavy (non-hydrogen) atoms. The van der Waals surface area contributed by atoms with Gasteiger partial charge in [-0.3, -0.25) is 24.1 Å². The van der Waals surface area contributed by atoms with Gasteiger partial charge in [0, 0.05) is 29.0 Å². The lowest BCUT2D eigenvalue weighted by Gasteiger charge is -2.41. The van der Waals surface area contributed by atoms with Crippen LogP contribution in [0.3, 0.4) is 0 Å². The Balaban J connectivity index is 1.33. The summed E-state index contributed by atoms with van der Waals surface area (Å²) in [6.45, 7) is 0.177. The van der Waals surface area contributed by atoms with Crippen molar-refractivity contribution < 1.29 is 19.5 Å². The zero-order valence-corrected chi connectivity index (χ0v) is 19.9. The fourth-order valence-corrected chi connectivity index (χ4v) is 9.59.